The van der Waals surface area contributed by atoms with Crippen LogP contribution in [0.5, 0.6) is 0 Å². The average Bonchev–Trinajstić information content (AvgIpc) is 2.38. The number of amides is 1. The van der Waals surface area contributed by atoms with Gasteiger partial charge in [-0.25, -0.2) is 4.79 Å². The van der Waals surface area contributed by atoms with Crippen LogP contribution in [0.3, 0.4) is 0 Å². The van der Waals surface area contributed by atoms with E-state index < -0.39 is 6.09 Å². The van der Waals surface area contributed by atoms with E-state index in [4.69, 9.17) is 4.74 Å². The normalized spacial score (nSPS) is 18.0. The zero-order chi connectivity index (χ0) is 11.2. The van der Waals surface area contributed by atoms with Crippen molar-refractivity contribution in [3.63, 3.8) is 0 Å². The van der Waals surface area contributed by atoms with E-state index in [1.807, 2.05) is 0 Å². The summed E-state index contributed by atoms with van der Waals surface area (Å²) in [5.74, 6) is 0. The highest BCUT2D eigenvalue weighted by Crippen LogP contribution is 2.11. The van der Waals surface area contributed by atoms with Crippen molar-refractivity contribution in [2.75, 3.05) is 6.61 Å². The van der Waals surface area contributed by atoms with E-state index in [1.54, 1.807) is 24.6 Å². The van der Waals surface area contributed by atoms with Crippen molar-refractivity contribution >= 4 is 6.09 Å². The lowest BCUT2D eigenvalue weighted by Crippen LogP contribution is -2.37. The average molecular weight is 218 g/mol. The molecule has 0 bridgehead atoms. The standard InChI is InChI=1S/C12H14N2O2/c15-12(14-9-5-4-8-13-14)16-10-11-6-2-1-3-7-11/h1-2,4-5,7-9,13H,3,6,10H2. The van der Waals surface area contributed by atoms with E-state index in [1.165, 1.54) is 5.01 Å². The van der Waals surface area contributed by atoms with E-state index >= 15 is 0 Å². The van der Waals surface area contributed by atoms with Gasteiger partial charge in [0.1, 0.15) is 6.61 Å². The number of rotatable bonds is 2. The van der Waals surface area contributed by atoms with Crippen molar-refractivity contribution in [1.82, 2.24) is 10.4 Å². The number of hydrazine groups is 1. The van der Waals surface area contributed by atoms with Crippen LogP contribution in [0.1, 0.15) is 12.8 Å². The fraction of sp³-hybridized carbons (Fsp3) is 0.250. The van der Waals surface area contributed by atoms with Gasteiger partial charge in [-0.05, 0) is 30.6 Å². The lowest BCUT2D eigenvalue weighted by Gasteiger charge is -2.19. The molecule has 1 aliphatic carbocycles. The van der Waals surface area contributed by atoms with Gasteiger partial charge in [0.25, 0.3) is 0 Å². The third-order valence-electron chi connectivity index (χ3n) is 2.32. The predicted molar refractivity (Wildman–Crippen MR) is 61.1 cm³/mol. The number of nitrogens with zero attached hydrogens (tertiary/aromatic N) is 1. The van der Waals surface area contributed by atoms with Crippen molar-refractivity contribution in [3.8, 4) is 0 Å². The molecule has 1 amide bonds. The molecule has 0 aromatic carbocycles. The molecule has 84 valence electrons. The highest BCUT2D eigenvalue weighted by Gasteiger charge is 2.12. The summed E-state index contributed by atoms with van der Waals surface area (Å²) in [5, 5.41) is 1.30. The Bertz CT molecular complexity index is 380. The van der Waals surface area contributed by atoms with Gasteiger partial charge in [-0.2, -0.15) is 5.01 Å². The second-order valence-electron chi connectivity index (χ2n) is 3.53. The first-order valence-electron chi connectivity index (χ1n) is 5.24. The molecule has 4 nitrogen and oxygen atoms in total. The quantitative estimate of drug-likeness (QED) is 0.723. The van der Waals surface area contributed by atoms with Crippen molar-refractivity contribution in [2.45, 2.75) is 12.8 Å². The summed E-state index contributed by atoms with van der Waals surface area (Å²) in [5.41, 5.74) is 3.91. The van der Waals surface area contributed by atoms with Gasteiger partial charge >= 0.3 is 6.09 Å². The van der Waals surface area contributed by atoms with Gasteiger partial charge in [-0.15, -0.1) is 0 Å². The van der Waals surface area contributed by atoms with E-state index in [9.17, 15) is 4.79 Å². The van der Waals surface area contributed by atoms with E-state index in [-0.39, 0.29) is 0 Å². The van der Waals surface area contributed by atoms with E-state index in [2.05, 4.69) is 23.7 Å². The first kappa shape index (κ1) is 10.5. The van der Waals surface area contributed by atoms with Crippen LogP contribution >= 0.6 is 0 Å². The third kappa shape index (κ3) is 2.76. The summed E-state index contributed by atoms with van der Waals surface area (Å²) in [6.07, 6.45) is 14.5. The van der Waals surface area contributed by atoms with Crippen LogP contribution in [0.25, 0.3) is 0 Å². The lowest BCUT2D eigenvalue weighted by molar-refractivity contribution is 0.115. The number of hydrogen-bond donors (Lipinski definition) is 1. The van der Waals surface area contributed by atoms with E-state index in [0.29, 0.717) is 6.61 Å². The molecule has 0 saturated heterocycles. The highest BCUT2D eigenvalue weighted by molar-refractivity contribution is 5.68. The molecule has 0 saturated carbocycles. The smallest absolute Gasteiger partial charge is 0.433 e. The number of carbonyl (C=O) groups excluding carboxylic acids is 1. The van der Waals surface area contributed by atoms with Crippen LogP contribution in [0.4, 0.5) is 4.79 Å². The summed E-state index contributed by atoms with van der Waals surface area (Å²) in [6.45, 7) is 0.360. The van der Waals surface area contributed by atoms with Crippen molar-refractivity contribution in [1.29, 1.82) is 0 Å². The molecule has 1 heterocycles. The SMILES string of the molecule is O=C(OCC1=CCC=CC1)N1C=CC=CN1. The van der Waals surface area contributed by atoms with Gasteiger partial charge in [-0.1, -0.05) is 18.2 Å². The minimum absolute atomic E-state index is 0.360. The van der Waals surface area contributed by atoms with Gasteiger partial charge in [0.15, 0.2) is 0 Å². The van der Waals surface area contributed by atoms with Crippen LogP contribution in [0, 0.1) is 0 Å². The summed E-state index contributed by atoms with van der Waals surface area (Å²) < 4.78 is 5.16. The summed E-state index contributed by atoms with van der Waals surface area (Å²) >= 11 is 0. The highest BCUT2D eigenvalue weighted by atomic mass is 16.6. The van der Waals surface area contributed by atoms with Gasteiger partial charge < -0.3 is 4.74 Å². The lowest BCUT2D eigenvalue weighted by atomic mass is 10.1. The van der Waals surface area contributed by atoms with Crippen molar-refractivity contribution in [3.05, 3.63) is 48.4 Å². The number of carbonyl (C=O) groups is 1. The number of allylic oxidation sites excluding steroid dienone is 5. The number of hydrogen-bond acceptors (Lipinski definition) is 3. The molecule has 2 rings (SSSR count). The predicted octanol–water partition coefficient (Wildman–Crippen LogP) is 2.25. The first-order chi connectivity index (χ1) is 7.86. The molecule has 0 unspecified atom stereocenters. The topological polar surface area (TPSA) is 41.6 Å². The Kier molecular flexibility index (Phi) is 3.43. The van der Waals surface area contributed by atoms with Crippen molar-refractivity contribution < 1.29 is 9.53 Å². The Hall–Kier alpha value is -1.97. The van der Waals surface area contributed by atoms with Crippen LogP contribution in [-0.2, 0) is 4.74 Å². The molecule has 4 heteroatoms. The second-order valence-corrected chi connectivity index (χ2v) is 3.53. The molecule has 0 aromatic rings. The van der Waals surface area contributed by atoms with Crippen LogP contribution in [-0.4, -0.2) is 17.7 Å². The minimum atomic E-state index is -0.393. The van der Waals surface area contributed by atoms with Gasteiger partial charge in [0.05, 0.1) is 0 Å². The summed E-state index contributed by atoms with van der Waals surface area (Å²) in [7, 11) is 0. The maximum Gasteiger partial charge on any atom is 0.433 e. The molecule has 0 fully saturated rings. The molecule has 1 aliphatic heterocycles. The molecule has 16 heavy (non-hydrogen) atoms. The molecular weight excluding hydrogens is 204 g/mol. The largest absolute Gasteiger partial charge is 0.443 e. The molecule has 0 spiro atoms. The monoisotopic (exact) mass is 218 g/mol. The van der Waals surface area contributed by atoms with Crippen LogP contribution < -0.4 is 5.43 Å². The van der Waals surface area contributed by atoms with E-state index in [0.717, 1.165) is 18.4 Å². The molecule has 1 N–H and O–H groups in total. The van der Waals surface area contributed by atoms with Crippen LogP contribution in [0.2, 0.25) is 0 Å². The zero-order valence-corrected chi connectivity index (χ0v) is 8.93. The minimum Gasteiger partial charge on any atom is -0.443 e. The van der Waals surface area contributed by atoms with Crippen LogP contribution in [0.15, 0.2) is 48.4 Å². The molecule has 2 aliphatic rings. The Morgan fingerprint density at radius 1 is 1.44 bits per heavy atom. The summed E-state index contributed by atoms with van der Waals surface area (Å²) in [6, 6.07) is 0. The molecule has 0 aromatic heterocycles. The summed E-state index contributed by atoms with van der Waals surface area (Å²) in [4.78, 5) is 11.6. The Morgan fingerprint density at radius 2 is 2.38 bits per heavy atom. The molecular formula is C12H14N2O2. The van der Waals surface area contributed by atoms with Gasteiger partial charge in [-0.3, -0.25) is 5.43 Å². The first-order valence-corrected chi connectivity index (χ1v) is 5.24. The fourth-order valence-corrected chi connectivity index (χ4v) is 1.46. The Balaban J connectivity index is 1.77. The van der Waals surface area contributed by atoms with Crippen molar-refractivity contribution in [2.24, 2.45) is 0 Å². The maximum atomic E-state index is 11.6. The Morgan fingerprint density at radius 3 is 3.06 bits per heavy atom. The zero-order valence-electron chi connectivity index (χ0n) is 8.93. The second kappa shape index (κ2) is 5.21. The maximum absolute atomic E-state index is 11.6. The molecule has 0 radical (unpaired) electrons. The Labute approximate surface area is 94.5 Å². The fourth-order valence-electron chi connectivity index (χ4n) is 1.46. The molecule has 0 atom stereocenters. The number of nitrogens with one attached hydrogen (secondary N) is 1. The van der Waals surface area contributed by atoms with Gasteiger partial charge in [0.2, 0.25) is 0 Å². The third-order valence-corrected chi connectivity index (χ3v) is 2.32. The number of ether oxygens (including phenoxy) is 1. The van der Waals surface area contributed by atoms with Gasteiger partial charge in [0, 0.05) is 12.4 Å².